The first kappa shape index (κ1) is 17.5. The average Bonchev–Trinajstić information content (AvgIpc) is 2.61. The van der Waals surface area contributed by atoms with Gasteiger partial charge < -0.3 is 10.2 Å². The van der Waals surface area contributed by atoms with Gasteiger partial charge in [0, 0.05) is 24.3 Å². The molecule has 2 atom stereocenters. The lowest BCUT2D eigenvalue weighted by Gasteiger charge is -2.39. The van der Waals surface area contributed by atoms with E-state index in [4.69, 9.17) is 0 Å². The van der Waals surface area contributed by atoms with Crippen LogP contribution in [-0.2, 0) is 17.6 Å². The Labute approximate surface area is 151 Å². The molecule has 2 aromatic rings. The third kappa shape index (κ3) is 3.55. The van der Waals surface area contributed by atoms with Gasteiger partial charge in [-0.25, -0.2) is 0 Å². The zero-order valence-electron chi connectivity index (χ0n) is 15.7. The first-order chi connectivity index (χ1) is 12.0. The van der Waals surface area contributed by atoms with Crippen molar-refractivity contribution in [3.63, 3.8) is 0 Å². The average molecular weight is 336 g/mol. The number of hydrogen-bond donors (Lipinski definition) is 1. The fourth-order valence-electron chi connectivity index (χ4n) is 3.79. The van der Waals surface area contributed by atoms with Crippen molar-refractivity contribution in [3.8, 4) is 0 Å². The molecule has 1 heterocycles. The Morgan fingerprint density at radius 1 is 1.08 bits per heavy atom. The molecule has 3 nitrogen and oxygen atoms in total. The van der Waals surface area contributed by atoms with Crippen molar-refractivity contribution >= 4 is 17.3 Å². The Bertz CT molecular complexity index is 751. The molecule has 0 saturated carbocycles. The molecule has 0 fully saturated rings. The maximum absolute atomic E-state index is 12.2. The van der Waals surface area contributed by atoms with E-state index in [-0.39, 0.29) is 18.0 Å². The number of carbonyl (C=O) groups excluding carboxylic acids is 1. The summed E-state index contributed by atoms with van der Waals surface area (Å²) in [6, 6.07) is 15.6. The molecule has 0 aromatic heterocycles. The molecule has 1 amide bonds. The fourth-order valence-corrected chi connectivity index (χ4v) is 3.79. The zero-order chi connectivity index (χ0) is 18.0. The highest BCUT2D eigenvalue weighted by Crippen LogP contribution is 2.39. The Hall–Kier alpha value is -2.29. The second-order valence-electron chi connectivity index (χ2n) is 6.97. The molecule has 3 heteroatoms. The van der Waals surface area contributed by atoms with Crippen molar-refractivity contribution in [2.45, 2.75) is 59.0 Å². The Kier molecular flexibility index (Phi) is 5.12. The molecule has 3 rings (SSSR count). The van der Waals surface area contributed by atoms with Crippen LogP contribution < -0.4 is 10.2 Å². The Balaban J connectivity index is 1.96. The molecule has 0 radical (unpaired) electrons. The molecule has 1 N–H and O–H groups in total. The summed E-state index contributed by atoms with van der Waals surface area (Å²) >= 11 is 0. The predicted octanol–water partition coefficient (Wildman–Crippen LogP) is 5.11. The third-order valence-corrected chi connectivity index (χ3v) is 5.20. The summed E-state index contributed by atoms with van der Waals surface area (Å²) in [5.74, 6) is 0.115. The van der Waals surface area contributed by atoms with Crippen LogP contribution in [0.4, 0.5) is 11.4 Å². The van der Waals surface area contributed by atoms with Crippen LogP contribution in [-0.4, -0.2) is 11.9 Å². The van der Waals surface area contributed by atoms with Crippen LogP contribution in [0.2, 0.25) is 0 Å². The maximum atomic E-state index is 12.2. The molecule has 0 bridgehead atoms. The molecule has 2 aromatic carbocycles. The number of aryl methyl sites for hydroxylation is 2. The van der Waals surface area contributed by atoms with Crippen LogP contribution in [0.3, 0.4) is 0 Å². The standard InChI is InChI=1S/C22H28N2O/c1-5-17-7-10-19(11-8-17)23-21-13-15(3)24(16(4)25)22-12-9-18(6-2)14-20(21)22/h7-12,14-15,21,23H,5-6,13H2,1-4H3/t15-,21+/m1/s1. The number of carbonyl (C=O) groups is 1. The predicted molar refractivity (Wildman–Crippen MR) is 105 cm³/mol. The molecule has 1 aliphatic heterocycles. The minimum atomic E-state index is 0.115. The number of fused-ring (bicyclic) bond motifs is 1. The van der Waals surface area contributed by atoms with Gasteiger partial charge in [0.1, 0.15) is 0 Å². The van der Waals surface area contributed by atoms with Gasteiger partial charge in [0.2, 0.25) is 5.91 Å². The van der Waals surface area contributed by atoms with Gasteiger partial charge in [-0.05, 0) is 61.1 Å². The molecular weight excluding hydrogens is 308 g/mol. The van der Waals surface area contributed by atoms with Crippen LogP contribution >= 0.6 is 0 Å². The fraction of sp³-hybridized carbons (Fsp3) is 0.409. The lowest BCUT2D eigenvalue weighted by Crippen LogP contribution is -2.43. The minimum absolute atomic E-state index is 0.115. The van der Waals surface area contributed by atoms with Gasteiger partial charge in [0.25, 0.3) is 0 Å². The highest BCUT2D eigenvalue weighted by Gasteiger charge is 2.32. The number of benzene rings is 2. The zero-order valence-corrected chi connectivity index (χ0v) is 15.7. The van der Waals surface area contributed by atoms with Crippen LogP contribution in [0.15, 0.2) is 42.5 Å². The summed E-state index contributed by atoms with van der Waals surface area (Å²) in [7, 11) is 0. The van der Waals surface area contributed by atoms with E-state index in [1.165, 1.54) is 16.7 Å². The number of anilines is 2. The number of hydrogen-bond acceptors (Lipinski definition) is 2. The molecule has 0 aliphatic carbocycles. The molecule has 25 heavy (non-hydrogen) atoms. The number of amides is 1. The third-order valence-electron chi connectivity index (χ3n) is 5.20. The SMILES string of the molecule is CCc1ccc(N[C@H]2C[C@@H](C)N(C(C)=O)c3ccc(CC)cc32)cc1. The summed E-state index contributed by atoms with van der Waals surface area (Å²) in [5.41, 5.74) is 6.07. The quantitative estimate of drug-likeness (QED) is 0.841. The van der Waals surface area contributed by atoms with Gasteiger partial charge in [-0.3, -0.25) is 4.79 Å². The molecule has 0 unspecified atom stereocenters. The van der Waals surface area contributed by atoms with E-state index in [1.807, 2.05) is 4.90 Å². The maximum Gasteiger partial charge on any atom is 0.224 e. The first-order valence-corrected chi connectivity index (χ1v) is 9.31. The second kappa shape index (κ2) is 7.30. The van der Waals surface area contributed by atoms with Gasteiger partial charge in [-0.2, -0.15) is 0 Å². The number of nitrogens with one attached hydrogen (secondary N) is 1. The monoisotopic (exact) mass is 336 g/mol. The van der Waals surface area contributed by atoms with Gasteiger partial charge in [0.15, 0.2) is 0 Å². The summed E-state index contributed by atoms with van der Waals surface area (Å²) in [5, 5.41) is 3.69. The number of rotatable bonds is 4. The number of nitrogens with zero attached hydrogens (tertiary/aromatic N) is 1. The summed E-state index contributed by atoms with van der Waals surface area (Å²) in [4.78, 5) is 14.1. The van der Waals surface area contributed by atoms with Crippen molar-refractivity contribution in [1.82, 2.24) is 0 Å². The van der Waals surface area contributed by atoms with Crippen molar-refractivity contribution in [2.75, 3.05) is 10.2 Å². The largest absolute Gasteiger partial charge is 0.378 e. The van der Waals surface area contributed by atoms with Crippen molar-refractivity contribution in [1.29, 1.82) is 0 Å². The molecule has 0 saturated heterocycles. The Morgan fingerprint density at radius 3 is 2.32 bits per heavy atom. The normalized spacial score (nSPS) is 19.4. The van der Waals surface area contributed by atoms with E-state index in [0.717, 1.165) is 30.6 Å². The van der Waals surface area contributed by atoms with Gasteiger partial charge in [0.05, 0.1) is 6.04 Å². The highest BCUT2D eigenvalue weighted by molar-refractivity contribution is 5.93. The van der Waals surface area contributed by atoms with E-state index < -0.39 is 0 Å². The lowest BCUT2D eigenvalue weighted by molar-refractivity contribution is -0.117. The minimum Gasteiger partial charge on any atom is -0.378 e. The van der Waals surface area contributed by atoms with Gasteiger partial charge in [-0.1, -0.05) is 38.1 Å². The van der Waals surface area contributed by atoms with Crippen molar-refractivity contribution in [3.05, 3.63) is 59.2 Å². The summed E-state index contributed by atoms with van der Waals surface area (Å²) in [6.07, 6.45) is 2.97. The summed E-state index contributed by atoms with van der Waals surface area (Å²) < 4.78 is 0. The van der Waals surface area contributed by atoms with Crippen molar-refractivity contribution < 1.29 is 4.79 Å². The van der Waals surface area contributed by atoms with E-state index >= 15 is 0 Å². The van der Waals surface area contributed by atoms with E-state index in [0.29, 0.717) is 0 Å². The van der Waals surface area contributed by atoms with Crippen LogP contribution in [0, 0.1) is 0 Å². The van der Waals surface area contributed by atoms with Crippen molar-refractivity contribution in [2.24, 2.45) is 0 Å². The first-order valence-electron chi connectivity index (χ1n) is 9.31. The topological polar surface area (TPSA) is 32.3 Å². The molecular formula is C22H28N2O. The Morgan fingerprint density at radius 2 is 1.72 bits per heavy atom. The second-order valence-corrected chi connectivity index (χ2v) is 6.97. The van der Waals surface area contributed by atoms with Gasteiger partial charge >= 0.3 is 0 Å². The summed E-state index contributed by atoms with van der Waals surface area (Å²) in [6.45, 7) is 8.13. The van der Waals surface area contributed by atoms with Crippen LogP contribution in [0.5, 0.6) is 0 Å². The van der Waals surface area contributed by atoms with E-state index in [2.05, 4.69) is 68.6 Å². The molecule has 0 spiro atoms. The molecule has 132 valence electrons. The molecule has 1 aliphatic rings. The van der Waals surface area contributed by atoms with Crippen LogP contribution in [0.1, 0.15) is 56.8 Å². The highest BCUT2D eigenvalue weighted by atomic mass is 16.2. The van der Waals surface area contributed by atoms with Crippen LogP contribution in [0.25, 0.3) is 0 Å². The van der Waals surface area contributed by atoms with E-state index in [1.54, 1.807) is 6.92 Å². The lowest BCUT2D eigenvalue weighted by atomic mass is 9.89. The van der Waals surface area contributed by atoms with E-state index in [9.17, 15) is 4.79 Å². The smallest absolute Gasteiger partial charge is 0.224 e. The van der Waals surface area contributed by atoms with Gasteiger partial charge in [-0.15, -0.1) is 0 Å².